The zero-order valence-corrected chi connectivity index (χ0v) is 32.4. The zero-order chi connectivity index (χ0) is 37.8. The summed E-state index contributed by atoms with van der Waals surface area (Å²) in [7, 11) is 0. The van der Waals surface area contributed by atoms with Gasteiger partial charge in [0.1, 0.15) is 0 Å². The lowest BCUT2D eigenvalue weighted by Gasteiger charge is -2.35. The first-order chi connectivity index (χ1) is 28.0. The van der Waals surface area contributed by atoms with Gasteiger partial charge in [0.2, 0.25) is 0 Å². The fraction of sp³-hybridized carbons (Fsp3) is 0.0556. The lowest BCUT2D eigenvalue weighted by molar-refractivity contribution is 0.661. The Balaban J connectivity index is 1.13. The molecule has 1 aliphatic carbocycles. The summed E-state index contributed by atoms with van der Waals surface area (Å²) in [5.74, 6) is 0. The minimum atomic E-state index is -0.219. The molecule has 1 aromatic heterocycles. The highest BCUT2D eigenvalue weighted by atomic mass is 32.2. The van der Waals surface area contributed by atoms with Gasteiger partial charge in [0.15, 0.2) is 0 Å². The second-order valence-electron chi connectivity index (χ2n) is 16.0. The molecule has 0 fully saturated rings. The molecule has 2 heterocycles. The Morgan fingerprint density at radius 1 is 0.421 bits per heavy atom. The quantitative estimate of drug-likeness (QED) is 0.168. The summed E-state index contributed by atoms with van der Waals surface area (Å²) in [4.78, 5) is 10.3. The van der Waals surface area contributed by atoms with Gasteiger partial charge in [-0.3, -0.25) is 0 Å². The van der Waals surface area contributed by atoms with Crippen LogP contribution in [0.1, 0.15) is 25.0 Å². The molecule has 10 aromatic rings. The molecule has 57 heavy (non-hydrogen) atoms. The molecule has 0 atom stereocenters. The third-order valence-electron chi connectivity index (χ3n) is 12.4. The Hall–Kier alpha value is -6.68. The van der Waals surface area contributed by atoms with Crippen molar-refractivity contribution in [1.82, 2.24) is 4.98 Å². The van der Waals surface area contributed by atoms with Gasteiger partial charge in [-0.1, -0.05) is 159 Å². The van der Waals surface area contributed by atoms with Crippen molar-refractivity contribution in [3.63, 3.8) is 0 Å². The third kappa shape index (κ3) is 4.89. The average molecular weight is 745 g/mol. The molecule has 12 rings (SSSR count). The van der Waals surface area contributed by atoms with Crippen molar-refractivity contribution in [3.8, 4) is 33.6 Å². The van der Waals surface area contributed by atoms with E-state index in [1.807, 2.05) is 11.8 Å². The summed E-state index contributed by atoms with van der Waals surface area (Å²) in [6.45, 7) is 4.82. The second-order valence-corrected chi connectivity index (χ2v) is 17.0. The summed E-state index contributed by atoms with van der Waals surface area (Å²) >= 11 is 1.89. The fourth-order valence-electron chi connectivity index (χ4n) is 9.55. The van der Waals surface area contributed by atoms with E-state index in [0.717, 1.165) is 28.2 Å². The molecule has 2 nitrogen and oxygen atoms in total. The van der Waals surface area contributed by atoms with Crippen LogP contribution in [0, 0.1) is 0 Å². The fourth-order valence-corrected chi connectivity index (χ4v) is 10.7. The number of rotatable bonds is 3. The second kappa shape index (κ2) is 12.2. The maximum Gasteiger partial charge on any atom is 0.0730 e. The van der Waals surface area contributed by atoms with Crippen LogP contribution >= 0.6 is 11.8 Å². The molecule has 0 saturated heterocycles. The molecular weight excluding hydrogens is 709 g/mol. The number of aromatic nitrogens is 1. The average Bonchev–Trinajstić information content (AvgIpc) is 3.48. The van der Waals surface area contributed by atoms with Crippen LogP contribution in [0.4, 0.5) is 17.1 Å². The van der Waals surface area contributed by atoms with Gasteiger partial charge in [-0.05, 0) is 114 Å². The van der Waals surface area contributed by atoms with Gasteiger partial charge in [0.25, 0.3) is 0 Å². The Morgan fingerprint density at radius 3 is 1.49 bits per heavy atom. The molecule has 0 N–H and O–H groups in total. The van der Waals surface area contributed by atoms with Crippen LogP contribution in [0.5, 0.6) is 0 Å². The zero-order valence-electron chi connectivity index (χ0n) is 31.6. The van der Waals surface area contributed by atoms with E-state index in [4.69, 9.17) is 4.98 Å². The van der Waals surface area contributed by atoms with Crippen LogP contribution in [0.15, 0.2) is 192 Å². The minimum absolute atomic E-state index is 0.219. The van der Waals surface area contributed by atoms with E-state index >= 15 is 0 Å². The highest BCUT2D eigenvalue weighted by Crippen LogP contribution is 2.59. The van der Waals surface area contributed by atoms with E-state index in [2.05, 4.69) is 201 Å². The molecule has 0 spiro atoms. The molecule has 0 bridgehead atoms. The van der Waals surface area contributed by atoms with Gasteiger partial charge in [-0.15, -0.1) is 0 Å². The summed E-state index contributed by atoms with van der Waals surface area (Å²) < 4.78 is 0. The number of pyridine rings is 1. The van der Waals surface area contributed by atoms with E-state index in [9.17, 15) is 0 Å². The van der Waals surface area contributed by atoms with Crippen LogP contribution < -0.4 is 4.90 Å². The number of hydrogen-bond donors (Lipinski definition) is 0. The van der Waals surface area contributed by atoms with Crippen LogP contribution in [0.3, 0.4) is 0 Å². The predicted octanol–water partition coefficient (Wildman–Crippen LogP) is 15.3. The molecule has 3 heteroatoms. The third-order valence-corrected chi connectivity index (χ3v) is 13.4. The predicted molar refractivity (Wildman–Crippen MR) is 242 cm³/mol. The van der Waals surface area contributed by atoms with E-state index in [0.29, 0.717) is 0 Å². The monoisotopic (exact) mass is 744 g/mol. The number of nitrogens with zero attached hydrogens (tertiary/aromatic N) is 2. The number of hydrogen-bond acceptors (Lipinski definition) is 3. The first-order valence-corrected chi connectivity index (χ1v) is 20.5. The smallest absolute Gasteiger partial charge is 0.0730 e. The molecule has 0 saturated carbocycles. The van der Waals surface area contributed by atoms with Crippen LogP contribution in [-0.4, -0.2) is 4.98 Å². The molecule has 0 amide bonds. The molecule has 0 unspecified atom stereocenters. The maximum absolute atomic E-state index is 5.28. The number of benzene rings is 9. The standard InChI is InChI=1S/C54H36N2S/c1-54(2)46-30-43-41-24-14-12-22-39(41)38-21-11-13-23-40(38)42(43)29-44(46)45-31-53-51(32-47(45)54)56(50-25-35-19-9-10-20-36(35)26-52(50)57-53)37-27-48(33-15-5-3-6-16-33)55-49(28-37)34-17-7-4-8-18-34/h3-32H,1-2H3. The van der Waals surface area contributed by atoms with Gasteiger partial charge in [-0.25, -0.2) is 4.98 Å². The Bertz CT molecular complexity index is 3240. The van der Waals surface area contributed by atoms with Gasteiger partial charge in [0.05, 0.1) is 28.5 Å². The lowest BCUT2D eigenvalue weighted by atomic mass is 9.81. The first kappa shape index (κ1) is 32.6. The highest BCUT2D eigenvalue weighted by Gasteiger charge is 2.39. The number of fused-ring (bicyclic) bond motifs is 12. The van der Waals surface area contributed by atoms with E-state index in [1.54, 1.807) is 0 Å². The van der Waals surface area contributed by atoms with Crippen LogP contribution in [0.25, 0.3) is 76.7 Å². The summed E-state index contributed by atoms with van der Waals surface area (Å²) in [5.41, 5.74) is 12.8. The number of anilines is 3. The Morgan fingerprint density at radius 2 is 0.877 bits per heavy atom. The molecular formula is C54H36N2S. The summed E-state index contributed by atoms with van der Waals surface area (Å²) in [6, 6.07) is 67.0. The van der Waals surface area contributed by atoms with E-state index in [1.165, 1.54) is 86.5 Å². The van der Waals surface area contributed by atoms with Gasteiger partial charge >= 0.3 is 0 Å². The Labute approximate surface area is 336 Å². The lowest BCUT2D eigenvalue weighted by Crippen LogP contribution is -2.19. The van der Waals surface area contributed by atoms with E-state index in [-0.39, 0.29) is 5.41 Å². The van der Waals surface area contributed by atoms with Crippen molar-refractivity contribution in [1.29, 1.82) is 0 Å². The highest BCUT2D eigenvalue weighted by molar-refractivity contribution is 7.99. The summed E-state index contributed by atoms with van der Waals surface area (Å²) in [6.07, 6.45) is 0. The van der Waals surface area contributed by atoms with Crippen molar-refractivity contribution in [3.05, 3.63) is 193 Å². The molecule has 2 aliphatic rings. The Kier molecular flexibility index (Phi) is 6.94. The van der Waals surface area contributed by atoms with Crippen LogP contribution in [0.2, 0.25) is 0 Å². The summed E-state index contributed by atoms with van der Waals surface area (Å²) in [5, 5.41) is 10.3. The van der Waals surface area contributed by atoms with Gasteiger partial charge in [0, 0.05) is 26.3 Å². The van der Waals surface area contributed by atoms with Crippen molar-refractivity contribution in [2.45, 2.75) is 29.1 Å². The maximum atomic E-state index is 5.28. The first-order valence-electron chi connectivity index (χ1n) is 19.7. The molecule has 1 aliphatic heterocycles. The van der Waals surface area contributed by atoms with Crippen molar-refractivity contribution >= 4 is 71.9 Å². The van der Waals surface area contributed by atoms with Crippen molar-refractivity contribution in [2.24, 2.45) is 0 Å². The topological polar surface area (TPSA) is 16.1 Å². The SMILES string of the molecule is CC1(C)c2cc3c(cc2-c2cc4c5ccccc5c5ccccc5c4cc21)Sc1cc2ccccc2cc1N3c1cc(-c2ccccc2)nc(-c2ccccc2)c1. The van der Waals surface area contributed by atoms with Crippen molar-refractivity contribution < 1.29 is 0 Å². The van der Waals surface area contributed by atoms with Gasteiger partial charge in [-0.2, -0.15) is 0 Å². The van der Waals surface area contributed by atoms with Crippen LogP contribution in [-0.2, 0) is 5.41 Å². The largest absolute Gasteiger partial charge is 0.308 e. The molecule has 268 valence electrons. The molecule has 9 aromatic carbocycles. The van der Waals surface area contributed by atoms with Crippen molar-refractivity contribution in [2.75, 3.05) is 4.90 Å². The normalized spacial score (nSPS) is 13.8. The molecule has 0 radical (unpaired) electrons. The van der Waals surface area contributed by atoms with E-state index < -0.39 is 0 Å². The minimum Gasteiger partial charge on any atom is -0.308 e. The van der Waals surface area contributed by atoms with Gasteiger partial charge < -0.3 is 4.90 Å².